The van der Waals surface area contributed by atoms with E-state index >= 15 is 0 Å². The van der Waals surface area contributed by atoms with Gasteiger partial charge in [-0.15, -0.1) is 0 Å². The summed E-state index contributed by atoms with van der Waals surface area (Å²) in [6.07, 6.45) is 1.85. The lowest BCUT2D eigenvalue weighted by atomic mass is 9.92. The number of rotatable bonds is 6. The molecule has 1 N–H and O–H groups in total. The molecule has 37 heavy (non-hydrogen) atoms. The van der Waals surface area contributed by atoms with E-state index in [0.717, 1.165) is 39.3 Å². The van der Waals surface area contributed by atoms with Crippen molar-refractivity contribution in [2.24, 2.45) is 0 Å². The summed E-state index contributed by atoms with van der Waals surface area (Å²) in [5.74, 6) is -0.0594. The van der Waals surface area contributed by atoms with Crippen LogP contribution in [0.4, 0.5) is 0 Å². The SMILES string of the molecule is Cc1[nH]c(-c2ccccc2)c(-c2ccccc2)c1C(=O)c1cn(-c2ccccc2)nc1-c1ccccc1. The molecule has 0 bridgehead atoms. The van der Waals surface area contributed by atoms with Gasteiger partial charge in [-0.05, 0) is 30.2 Å². The van der Waals surface area contributed by atoms with Gasteiger partial charge in [-0.1, -0.05) is 109 Å². The normalized spacial score (nSPS) is 10.9. The predicted molar refractivity (Wildman–Crippen MR) is 149 cm³/mol. The highest BCUT2D eigenvalue weighted by Gasteiger charge is 2.28. The lowest BCUT2D eigenvalue weighted by molar-refractivity contribution is 0.103. The molecular formula is C33H25N3O. The molecule has 0 saturated carbocycles. The van der Waals surface area contributed by atoms with Gasteiger partial charge >= 0.3 is 0 Å². The Morgan fingerprint density at radius 3 is 1.78 bits per heavy atom. The van der Waals surface area contributed by atoms with E-state index in [9.17, 15) is 4.79 Å². The summed E-state index contributed by atoms with van der Waals surface area (Å²) in [6, 6.07) is 40.0. The minimum Gasteiger partial charge on any atom is -0.357 e. The molecule has 178 valence electrons. The zero-order chi connectivity index (χ0) is 25.2. The number of para-hydroxylation sites is 1. The molecule has 0 unspecified atom stereocenters. The Labute approximate surface area is 215 Å². The van der Waals surface area contributed by atoms with Gasteiger partial charge in [-0.3, -0.25) is 4.79 Å². The number of hydrogen-bond acceptors (Lipinski definition) is 2. The fourth-order valence-corrected chi connectivity index (χ4v) is 4.82. The van der Waals surface area contributed by atoms with Gasteiger partial charge in [0, 0.05) is 23.0 Å². The van der Waals surface area contributed by atoms with Crippen LogP contribution in [-0.4, -0.2) is 20.5 Å². The van der Waals surface area contributed by atoms with Crippen molar-refractivity contribution in [3.8, 4) is 39.3 Å². The van der Waals surface area contributed by atoms with Crippen LogP contribution in [0.15, 0.2) is 128 Å². The first-order chi connectivity index (χ1) is 18.2. The van der Waals surface area contributed by atoms with Crippen LogP contribution in [0.5, 0.6) is 0 Å². The van der Waals surface area contributed by atoms with Crippen molar-refractivity contribution < 1.29 is 4.79 Å². The van der Waals surface area contributed by atoms with Crippen LogP contribution in [0.1, 0.15) is 21.6 Å². The van der Waals surface area contributed by atoms with E-state index in [1.807, 2.05) is 110 Å². The summed E-state index contributed by atoms with van der Waals surface area (Å²) in [4.78, 5) is 18.0. The first-order valence-corrected chi connectivity index (χ1v) is 12.3. The summed E-state index contributed by atoms with van der Waals surface area (Å²) in [6.45, 7) is 1.97. The van der Waals surface area contributed by atoms with Crippen LogP contribution >= 0.6 is 0 Å². The Hall–Kier alpha value is -4.96. The van der Waals surface area contributed by atoms with Gasteiger partial charge in [0.2, 0.25) is 0 Å². The monoisotopic (exact) mass is 479 g/mol. The van der Waals surface area contributed by atoms with Crippen LogP contribution < -0.4 is 0 Å². The summed E-state index contributed by atoms with van der Waals surface area (Å²) in [5.41, 5.74) is 8.38. The van der Waals surface area contributed by atoms with E-state index in [-0.39, 0.29) is 5.78 Å². The number of hydrogen-bond donors (Lipinski definition) is 1. The molecule has 2 heterocycles. The minimum atomic E-state index is -0.0594. The van der Waals surface area contributed by atoms with E-state index in [1.165, 1.54) is 0 Å². The molecule has 6 aromatic rings. The molecule has 0 aliphatic heterocycles. The maximum atomic E-state index is 14.5. The van der Waals surface area contributed by atoms with Crippen molar-refractivity contribution in [3.05, 3.63) is 144 Å². The second-order valence-corrected chi connectivity index (χ2v) is 8.97. The molecule has 0 atom stereocenters. The van der Waals surface area contributed by atoms with Crippen molar-refractivity contribution in [2.45, 2.75) is 6.92 Å². The predicted octanol–water partition coefficient (Wildman–Crippen LogP) is 7.74. The van der Waals surface area contributed by atoms with E-state index in [1.54, 1.807) is 4.68 Å². The first kappa shape index (κ1) is 22.5. The highest BCUT2D eigenvalue weighted by molar-refractivity contribution is 6.18. The van der Waals surface area contributed by atoms with Gasteiger partial charge in [-0.25, -0.2) is 4.68 Å². The van der Waals surface area contributed by atoms with Gasteiger partial charge < -0.3 is 4.98 Å². The fourth-order valence-electron chi connectivity index (χ4n) is 4.82. The zero-order valence-corrected chi connectivity index (χ0v) is 20.4. The Morgan fingerprint density at radius 2 is 1.19 bits per heavy atom. The van der Waals surface area contributed by atoms with E-state index in [2.05, 4.69) is 29.2 Å². The van der Waals surface area contributed by atoms with Crippen LogP contribution in [0.25, 0.3) is 39.3 Å². The van der Waals surface area contributed by atoms with Gasteiger partial charge in [0.15, 0.2) is 5.78 Å². The minimum absolute atomic E-state index is 0.0594. The Balaban J connectivity index is 1.58. The summed E-state index contributed by atoms with van der Waals surface area (Å²) < 4.78 is 1.79. The first-order valence-electron chi connectivity index (χ1n) is 12.3. The second-order valence-electron chi connectivity index (χ2n) is 8.97. The molecule has 0 saturated heterocycles. The third-order valence-electron chi connectivity index (χ3n) is 6.57. The number of carbonyl (C=O) groups is 1. The van der Waals surface area contributed by atoms with E-state index in [4.69, 9.17) is 5.10 Å². The molecule has 0 aliphatic carbocycles. The number of nitrogens with zero attached hydrogens (tertiary/aromatic N) is 2. The van der Waals surface area contributed by atoms with Crippen molar-refractivity contribution in [1.29, 1.82) is 0 Å². The molecule has 4 aromatic carbocycles. The third-order valence-corrected chi connectivity index (χ3v) is 6.57. The number of ketones is 1. The molecule has 4 heteroatoms. The smallest absolute Gasteiger partial charge is 0.199 e. The molecule has 6 rings (SSSR count). The topological polar surface area (TPSA) is 50.7 Å². The molecule has 4 nitrogen and oxygen atoms in total. The Kier molecular flexibility index (Phi) is 5.83. The molecule has 2 aromatic heterocycles. The molecule has 0 fully saturated rings. The van der Waals surface area contributed by atoms with Crippen LogP contribution in [0.2, 0.25) is 0 Å². The largest absolute Gasteiger partial charge is 0.357 e. The highest BCUT2D eigenvalue weighted by atomic mass is 16.1. The Bertz CT molecular complexity index is 1670. The summed E-state index contributed by atoms with van der Waals surface area (Å²) in [7, 11) is 0. The summed E-state index contributed by atoms with van der Waals surface area (Å²) in [5, 5.41) is 4.88. The number of benzene rings is 4. The molecule has 0 spiro atoms. The van der Waals surface area contributed by atoms with Crippen molar-refractivity contribution in [1.82, 2.24) is 14.8 Å². The van der Waals surface area contributed by atoms with Crippen LogP contribution in [0.3, 0.4) is 0 Å². The van der Waals surface area contributed by atoms with Crippen molar-refractivity contribution >= 4 is 5.78 Å². The fraction of sp³-hybridized carbons (Fsp3) is 0.0303. The lowest BCUT2D eigenvalue weighted by Crippen LogP contribution is -2.05. The van der Waals surface area contributed by atoms with E-state index < -0.39 is 0 Å². The molecule has 0 radical (unpaired) electrons. The third kappa shape index (κ3) is 4.19. The lowest BCUT2D eigenvalue weighted by Gasteiger charge is -2.09. The quantitative estimate of drug-likeness (QED) is 0.248. The van der Waals surface area contributed by atoms with E-state index in [0.29, 0.717) is 16.8 Å². The van der Waals surface area contributed by atoms with Gasteiger partial charge in [0.05, 0.1) is 22.5 Å². The molecular weight excluding hydrogens is 454 g/mol. The van der Waals surface area contributed by atoms with Crippen LogP contribution in [0, 0.1) is 6.92 Å². The average molecular weight is 480 g/mol. The molecule has 0 aliphatic rings. The maximum absolute atomic E-state index is 14.5. The van der Waals surface area contributed by atoms with Crippen molar-refractivity contribution in [3.63, 3.8) is 0 Å². The standard InChI is InChI=1S/C33H25N3O/c1-23-29(30(24-14-6-2-7-15-24)32(34-23)26-18-10-4-11-19-26)33(37)28-22-36(27-20-12-5-13-21-27)35-31(28)25-16-8-3-9-17-25/h2-22,34H,1H3. The summed E-state index contributed by atoms with van der Waals surface area (Å²) >= 11 is 0. The number of aromatic amines is 1. The number of nitrogens with one attached hydrogen (secondary N) is 1. The number of carbonyl (C=O) groups excluding carboxylic acids is 1. The molecule has 0 amide bonds. The zero-order valence-electron chi connectivity index (χ0n) is 20.4. The van der Waals surface area contributed by atoms with Gasteiger partial charge in [0.1, 0.15) is 5.69 Å². The number of aryl methyl sites for hydroxylation is 1. The number of H-pyrrole nitrogens is 1. The maximum Gasteiger partial charge on any atom is 0.199 e. The highest BCUT2D eigenvalue weighted by Crippen LogP contribution is 2.39. The van der Waals surface area contributed by atoms with Crippen LogP contribution in [-0.2, 0) is 0 Å². The second kappa shape index (κ2) is 9.59. The number of aromatic nitrogens is 3. The Morgan fingerprint density at radius 1 is 0.676 bits per heavy atom. The van der Waals surface area contributed by atoms with Gasteiger partial charge in [-0.2, -0.15) is 5.10 Å². The van der Waals surface area contributed by atoms with Gasteiger partial charge in [0.25, 0.3) is 0 Å². The average Bonchev–Trinajstić information content (AvgIpc) is 3.57. The van der Waals surface area contributed by atoms with Crippen molar-refractivity contribution in [2.75, 3.05) is 0 Å².